The first-order valence-electron chi connectivity index (χ1n) is 11.7. The van der Waals surface area contributed by atoms with Gasteiger partial charge in [0, 0.05) is 42.7 Å². The normalized spacial score (nSPS) is 14.4. The third-order valence-corrected chi connectivity index (χ3v) is 6.59. The molecule has 5 rings (SSSR count). The number of Topliss-reactive ketones (excluding diaryl/α,β-unsaturated/α-hetero) is 1. The zero-order valence-electron chi connectivity index (χ0n) is 19.8. The highest BCUT2D eigenvalue weighted by atomic mass is 19.1. The summed E-state index contributed by atoms with van der Waals surface area (Å²) in [5, 5.41) is 0. The van der Waals surface area contributed by atoms with E-state index < -0.39 is 17.5 Å². The van der Waals surface area contributed by atoms with Crippen LogP contribution in [-0.2, 0) is 4.79 Å². The molecule has 0 spiro atoms. The molecule has 0 atom stereocenters. The Labute approximate surface area is 205 Å². The van der Waals surface area contributed by atoms with Gasteiger partial charge < -0.3 is 4.42 Å². The molecule has 2 aromatic carbocycles. The number of ketones is 1. The summed E-state index contributed by atoms with van der Waals surface area (Å²) in [6, 6.07) is 8.80. The van der Waals surface area contributed by atoms with Crippen molar-refractivity contribution in [3.05, 3.63) is 93.5 Å². The molecule has 0 unspecified atom stereocenters. The minimum atomic E-state index is -0.809. The summed E-state index contributed by atoms with van der Waals surface area (Å²) in [5.74, 6) is -1.40. The van der Waals surface area contributed by atoms with E-state index in [1.807, 2.05) is 0 Å². The number of benzene rings is 2. The smallest absolute Gasteiger partial charge is 0.255 e. The van der Waals surface area contributed by atoms with Crippen LogP contribution in [0.3, 0.4) is 0 Å². The predicted octanol–water partition coefficient (Wildman–Crippen LogP) is 6.42. The molecule has 0 amide bonds. The second-order valence-electron chi connectivity index (χ2n) is 9.18. The maximum atomic E-state index is 14.8. The van der Waals surface area contributed by atoms with Gasteiger partial charge in [-0.3, -0.25) is 14.2 Å². The molecule has 8 heteroatoms. The Balaban J connectivity index is 1.69. The van der Waals surface area contributed by atoms with Crippen LogP contribution in [0.2, 0.25) is 0 Å². The van der Waals surface area contributed by atoms with Gasteiger partial charge in [0.05, 0.1) is 11.3 Å². The fourth-order valence-corrected chi connectivity index (χ4v) is 4.83. The van der Waals surface area contributed by atoms with Crippen LogP contribution in [0, 0.1) is 31.3 Å². The van der Waals surface area contributed by atoms with Gasteiger partial charge in [-0.05, 0) is 68.1 Å². The first-order chi connectivity index (χ1) is 17.2. The van der Waals surface area contributed by atoms with Gasteiger partial charge in [0.15, 0.2) is 11.7 Å². The van der Waals surface area contributed by atoms with Crippen molar-refractivity contribution < 1.29 is 22.4 Å². The molecule has 0 radical (unpaired) electrons. The summed E-state index contributed by atoms with van der Waals surface area (Å²) >= 11 is 0. The molecule has 5 nitrogen and oxygen atoms in total. The third-order valence-electron chi connectivity index (χ3n) is 6.59. The van der Waals surface area contributed by atoms with Gasteiger partial charge in [-0.25, -0.2) is 18.2 Å². The molecule has 0 bridgehead atoms. The highest BCUT2D eigenvalue weighted by Gasteiger charge is 2.28. The van der Waals surface area contributed by atoms with Crippen LogP contribution in [0.4, 0.5) is 13.2 Å². The van der Waals surface area contributed by atoms with Gasteiger partial charge in [-0.15, -0.1) is 0 Å². The summed E-state index contributed by atoms with van der Waals surface area (Å²) < 4.78 is 49.8. The number of oxazole rings is 1. The molecular weight excluding hydrogens is 469 g/mol. The number of pyridine rings is 1. The second-order valence-corrected chi connectivity index (χ2v) is 9.18. The number of carbonyl (C=O) groups excluding carboxylic acids is 1. The maximum absolute atomic E-state index is 14.8. The fraction of sp³-hybridized carbons (Fsp3) is 0.250. The Morgan fingerprint density at radius 1 is 0.917 bits per heavy atom. The van der Waals surface area contributed by atoms with Crippen LogP contribution < -0.4 is 5.56 Å². The van der Waals surface area contributed by atoms with Crippen molar-refractivity contribution in [3.63, 3.8) is 0 Å². The topological polar surface area (TPSA) is 65.1 Å². The van der Waals surface area contributed by atoms with E-state index in [2.05, 4.69) is 4.98 Å². The molecule has 36 heavy (non-hydrogen) atoms. The lowest BCUT2D eigenvalue weighted by Gasteiger charge is -2.17. The van der Waals surface area contributed by atoms with E-state index in [-0.39, 0.29) is 28.6 Å². The Kier molecular flexibility index (Phi) is 6.12. The maximum Gasteiger partial charge on any atom is 0.255 e. The van der Waals surface area contributed by atoms with Crippen molar-refractivity contribution in [2.45, 2.75) is 45.4 Å². The lowest BCUT2D eigenvalue weighted by Crippen LogP contribution is -2.18. The summed E-state index contributed by atoms with van der Waals surface area (Å²) in [5.41, 5.74) is 2.14. The van der Waals surface area contributed by atoms with Crippen molar-refractivity contribution in [1.82, 2.24) is 9.55 Å². The zero-order chi connectivity index (χ0) is 25.6. The average molecular weight is 492 g/mol. The lowest BCUT2D eigenvalue weighted by atomic mass is 9.88. The first-order valence-corrected chi connectivity index (χ1v) is 11.7. The molecule has 0 saturated heterocycles. The third kappa shape index (κ3) is 4.39. The molecule has 1 saturated carbocycles. The SMILES string of the molecule is Cc1cc(F)cc(C)c1-n1cc(-c2nc(C3CCC(=O)CC3)oc2-c2ccc(F)cc2F)ccc1=O. The highest BCUT2D eigenvalue weighted by Crippen LogP contribution is 2.39. The molecule has 1 fully saturated rings. The van der Waals surface area contributed by atoms with Crippen LogP contribution in [0.5, 0.6) is 0 Å². The van der Waals surface area contributed by atoms with Crippen LogP contribution >= 0.6 is 0 Å². The standard InChI is InChI=1S/C28H23F3N2O3/c1-15-11-20(30)12-16(2)26(15)33-14-18(5-10-24(33)35)25-27(22-9-6-19(29)13-23(22)31)36-28(32-25)17-3-7-21(34)8-4-17/h5-6,9-14,17H,3-4,7-8H2,1-2H3. The fourth-order valence-electron chi connectivity index (χ4n) is 4.83. The van der Waals surface area contributed by atoms with Crippen molar-refractivity contribution in [2.75, 3.05) is 0 Å². The minimum absolute atomic E-state index is 0.0314. The Morgan fingerprint density at radius 2 is 1.61 bits per heavy atom. The molecule has 0 aliphatic heterocycles. The van der Waals surface area contributed by atoms with E-state index in [1.54, 1.807) is 26.1 Å². The van der Waals surface area contributed by atoms with E-state index in [1.165, 1.54) is 28.8 Å². The predicted molar refractivity (Wildman–Crippen MR) is 129 cm³/mol. The molecule has 2 heterocycles. The number of carbonyl (C=O) groups is 1. The van der Waals surface area contributed by atoms with Gasteiger partial charge in [-0.1, -0.05) is 0 Å². The Hall–Kier alpha value is -3.94. The van der Waals surface area contributed by atoms with E-state index >= 15 is 0 Å². The monoisotopic (exact) mass is 492 g/mol. The second kappa shape index (κ2) is 9.26. The molecule has 184 valence electrons. The van der Waals surface area contributed by atoms with Crippen LogP contribution in [0.1, 0.15) is 48.6 Å². The Bertz CT molecular complexity index is 1520. The number of hydrogen-bond acceptors (Lipinski definition) is 4. The quantitative estimate of drug-likeness (QED) is 0.330. The first kappa shape index (κ1) is 23.8. The molecule has 1 aliphatic carbocycles. The molecular formula is C28H23F3N2O3. The van der Waals surface area contributed by atoms with Gasteiger partial charge in [0.2, 0.25) is 0 Å². The summed E-state index contributed by atoms with van der Waals surface area (Å²) in [7, 11) is 0. The number of aromatic nitrogens is 2. The number of nitrogens with zero attached hydrogens (tertiary/aromatic N) is 2. The van der Waals surface area contributed by atoms with Crippen molar-refractivity contribution in [1.29, 1.82) is 0 Å². The average Bonchev–Trinajstić information content (AvgIpc) is 3.25. The molecule has 0 N–H and O–H groups in total. The van der Waals surface area contributed by atoms with Crippen molar-refractivity contribution >= 4 is 5.78 Å². The minimum Gasteiger partial charge on any atom is -0.440 e. The number of rotatable bonds is 4. The summed E-state index contributed by atoms with van der Waals surface area (Å²) in [4.78, 5) is 29.2. The zero-order valence-corrected chi connectivity index (χ0v) is 19.8. The van der Waals surface area contributed by atoms with Crippen LogP contribution in [0.15, 0.2) is 57.9 Å². The highest BCUT2D eigenvalue weighted by molar-refractivity contribution is 5.79. The van der Waals surface area contributed by atoms with Gasteiger partial charge >= 0.3 is 0 Å². The van der Waals surface area contributed by atoms with Crippen molar-refractivity contribution in [2.24, 2.45) is 0 Å². The van der Waals surface area contributed by atoms with Crippen LogP contribution in [0.25, 0.3) is 28.3 Å². The number of hydrogen-bond donors (Lipinski definition) is 0. The van der Waals surface area contributed by atoms with E-state index in [0.717, 1.165) is 12.1 Å². The van der Waals surface area contributed by atoms with Crippen molar-refractivity contribution in [3.8, 4) is 28.3 Å². The summed E-state index contributed by atoms with van der Waals surface area (Å²) in [6.45, 7) is 3.42. The van der Waals surface area contributed by atoms with E-state index in [0.29, 0.717) is 59.6 Å². The largest absolute Gasteiger partial charge is 0.440 e. The van der Waals surface area contributed by atoms with E-state index in [9.17, 15) is 22.8 Å². The molecule has 2 aromatic heterocycles. The number of halogens is 3. The van der Waals surface area contributed by atoms with Gasteiger partial charge in [-0.2, -0.15) is 0 Å². The molecule has 4 aromatic rings. The number of aryl methyl sites for hydroxylation is 2. The van der Waals surface area contributed by atoms with E-state index in [4.69, 9.17) is 4.42 Å². The molecule has 1 aliphatic rings. The Morgan fingerprint density at radius 3 is 2.28 bits per heavy atom. The summed E-state index contributed by atoms with van der Waals surface area (Å²) in [6.07, 6.45) is 3.52. The van der Waals surface area contributed by atoms with Gasteiger partial charge in [0.25, 0.3) is 5.56 Å². The van der Waals surface area contributed by atoms with Crippen LogP contribution in [-0.4, -0.2) is 15.3 Å². The lowest BCUT2D eigenvalue weighted by molar-refractivity contribution is -0.120. The van der Waals surface area contributed by atoms with Gasteiger partial charge in [0.1, 0.15) is 28.9 Å².